The van der Waals surface area contributed by atoms with Crippen molar-refractivity contribution in [2.75, 3.05) is 6.54 Å². The Hall–Kier alpha value is -1.16. The zero-order chi connectivity index (χ0) is 8.55. The Morgan fingerprint density at radius 1 is 1.50 bits per heavy atom. The average Bonchev–Trinajstić information content (AvgIpc) is 2.07. The first-order chi connectivity index (χ1) is 5.79. The van der Waals surface area contributed by atoms with Crippen molar-refractivity contribution >= 4 is 17.5 Å². The molecule has 0 unspecified atom stereocenters. The number of nitrogens with one attached hydrogen (secondary N) is 1. The monoisotopic (exact) mass is 183 g/mol. The van der Waals surface area contributed by atoms with E-state index in [-0.39, 0.29) is 5.91 Å². The summed E-state index contributed by atoms with van der Waals surface area (Å²) >= 11 is 5.78. The predicted octanol–water partition coefficient (Wildman–Crippen LogP) is 0.416. The van der Waals surface area contributed by atoms with Gasteiger partial charge in [-0.05, 0) is 6.42 Å². The molecule has 0 saturated carbocycles. The van der Waals surface area contributed by atoms with Gasteiger partial charge in [0.1, 0.15) is 17.2 Å². The van der Waals surface area contributed by atoms with Crippen molar-refractivity contribution < 1.29 is 4.79 Å². The van der Waals surface area contributed by atoms with Crippen LogP contribution in [0.2, 0.25) is 5.15 Å². The second kappa shape index (κ2) is 2.71. The zero-order valence-corrected chi connectivity index (χ0v) is 6.93. The molecular weight excluding hydrogens is 178 g/mol. The Morgan fingerprint density at radius 2 is 2.33 bits per heavy atom. The number of rotatable bonds is 0. The van der Waals surface area contributed by atoms with Gasteiger partial charge in [0.25, 0.3) is 5.91 Å². The van der Waals surface area contributed by atoms with Crippen LogP contribution in [0.1, 0.15) is 16.1 Å². The van der Waals surface area contributed by atoms with E-state index in [4.69, 9.17) is 11.6 Å². The molecule has 0 aliphatic carbocycles. The van der Waals surface area contributed by atoms with Gasteiger partial charge in [0.2, 0.25) is 0 Å². The van der Waals surface area contributed by atoms with E-state index in [1.165, 1.54) is 6.33 Å². The highest BCUT2D eigenvalue weighted by molar-refractivity contribution is 6.30. The van der Waals surface area contributed by atoms with Crippen LogP contribution in [0.15, 0.2) is 6.33 Å². The number of nitrogens with zero attached hydrogens (tertiary/aromatic N) is 2. The van der Waals surface area contributed by atoms with E-state index >= 15 is 0 Å². The van der Waals surface area contributed by atoms with Crippen LogP contribution in [-0.4, -0.2) is 22.4 Å². The standard InChI is InChI=1S/C7H6ClN3O/c8-6-4-1-2-9-7(12)5(4)10-3-11-6/h3H,1-2H2,(H,9,12). The van der Waals surface area contributed by atoms with Crippen molar-refractivity contribution in [3.63, 3.8) is 0 Å². The van der Waals surface area contributed by atoms with Gasteiger partial charge in [-0.15, -0.1) is 0 Å². The van der Waals surface area contributed by atoms with Crippen LogP contribution in [0, 0.1) is 0 Å². The molecular formula is C7H6ClN3O. The Kier molecular flexibility index (Phi) is 1.69. The maximum absolute atomic E-state index is 11.2. The van der Waals surface area contributed by atoms with Crippen molar-refractivity contribution in [3.05, 3.63) is 22.7 Å². The molecule has 0 atom stereocenters. The van der Waals surface area contributed by atoms with E-state index in [0.29, 0.717) is 23.8 Å². The second-order valence-electron chi connectivity index (χ2n) is 2.50. The molecule has 0 spiro atoms. The lowest BCUT2D eigenvalue weighted by atomic mass is 10.1. The zero-order valence-electron chi connectivity index (χ0n) is 6.17. The minimum atomic E-state index is -0.166. The normalized spacial score (nSPS) is 15.2. The molecule has 4 nitrogen and oxygen atoms in total. The van der Waals surface area contributed by atoms with Crippen LogP contribution in [0.3, 0.4) is 0 Å². The van der Waals surface area contributed by atoms with Crippen LogP contribution in [0.25, 0.3) is 0 Å². The molecule has 1 aromatic heterocycles. The molecule has 2 rings (SSSR count). The van der Waals surface area contributed by atoms with Gasteiger partial charge in [-0.3, -0.25) is 4.79 Å². The van der Waals surface area contributed by atoms with Crippen molar-refractivity contribution in [2.45, 2.75) is 6.42 Å². The summed E-state index contributed by atoms with van der Waals surface area (Å²) in [5.74, 6) is -0.166. The van der Waals surface area contributed by atoms with Crippen LogP contribution >= 0.6 is 11.6 Å². The summed E-state index contributed by atoms with van der Waals surface area (Å²) in [6.45, 7) is 0.610. The van der Waals surface area contributed by atoms with E-state index in [2.05, 4.69) is 15.3 Å². The topological polar surface area (TPSA) is 54.9 Å². The molecule has 62 valence electrons. The Balaban J connectivity index is 2.59. The third-order valence-corrected chi connectivity index (χ3v) is 2.09. The maximum Gasteiger partial charge on any atom is 0.270 e. The van der Waals surface area contributed by atoms with E-state index in [1.807, 2.05) is 0 Å². The van der Waals surface area contributed by atoms with Gasteiger partial charge in [0, 0.05) is 12.1 Å². The number of halogens is 1. The highest BCUT2D eigenvalue weighted by Crippen LogP contribution is 2.17. The molecule has 0 aromatic carbocycles. The van der Waals surface area contributed by atoms with E-state index in [0.717, 1.165) is 5.56 Å². The first-order valence-electron chi connectivity index (χ1n) is 3.56. The summed E-state index contributed by atoms with van der Waals surface area (Å²) in [6.07, 6.45) is 2.01. The fourth-order valence-corrected chi connectivity index (χ4v) is 1.42. The van der Waals surface area contributed by atoms with E-state index in [1.54, 1.807) is 0 Å². The summed E-state index contributed by atoms with van der Waals surface area (Å²) in [5, 5.41) is 3.06. The number of carbonyl (C=O) groups excluding carboxylic acids is 1. The molecule has 0 saturated heterocycles. The van der Waals surface area contributed by atoms with Crippen LogP contribution < -0.4 is 5.32 Å². The number of hydrogen-bond acceptors (Lipinski definition) is 3. The van der Waals surface area contributed by atoms with Crippen molar-refractivity contribution in [3.8, 4) is 0 Å². The average molecular weight is 184 g/mol. The molecule has 2 heterocycles. The van der Waals surface area contributed by atoms with E-state index < -0.39 is 0 Å². The number of aromatic nitrogens is 2. The molecule has 12 heavy (non-hydrogen) atoms. The highest BCUT2D eigenvalue weighted by atomic mass is 35.5. The van der Waals surface area contributed by atoms with Gasteiger partial charge in [0.15, 0.2) is 0 Å². The minimum Gasteiger partial charge on any atom is -0.350 e. The first kappa shape index (κ1) is 7.49. The Morgan fingerprint density at radius 3 is 3.08 bits per heavy atom. The van der Waals surface area contributed by atoms with Gasteiger partial charge in [-0.1, -0.05) is 11.6 Å². The Labute approximate surface area is 74.0 Å². The molecule has 1 aromatic rings. The summed E-state index contributed by atoms with van der Waals surface area (Å²) < 4.78 is 0. The van der Waals surface area contributed by atoms with E-state index in [9.17, 15) is 4.79 Å². The molecule has 1 amide bonds. The molecule has 1 aliphatic rings. The number of fused-ring (bicyclic) bond motifs is 1. The molecule has 0 radical (unpaired) electrons. The van der Waals surface area contributed by atoms with Gasteiger partial charge in [0.05, 0.1) is 0 Å². The summed E-state index contributed by atoms with van der Waals surface area (Å²) in [4.78, 5) is 18.8. The van der Waals surface area contributed by atoms with Crippen molar-refractivity contribution in [1.29, 1.82) is 0 Å². The van der Waals surface area contributed by atoms with Crippen molar-refractivity contribution in [1.82, 2.24) is 15.3 Å². The number of carbonyl (C=O) groups is 1. The summed E-state index contributed by atoms with van der Waals surface area (Å²) in [7, 11) is 0. The number of hydrogen-bond donors (Lipinski definition) is 1. The largest absolute Gasteiger partial charge is 0.350 e. The Bertz CT molecular complexity index is 339. The van der Waals surface area contributed by atoms with Crippen LogP contribution in [0.5, 0.6) is 0 Å². The third kappa shape index (κ3) is 1.04. The lowest BCUT2D eigenvalue weighted by Crippen LogP contribution is -2.33. The van der Waals surface area contributed by atoms with Gasteiger partial charge in [-0.25, -0.2) is 9.97 Å². The quantitative estimate of drug-likeness (QED) is 0.593. The number of amides is 1. The first-order valence-corrected chi connectivity index (χ1v) is 3.94. The van der Waals surface area contributed by atoms with Crippen LogP contribution in [0.4, 0.5) is 0 Å². The molecule has 1 aliphatic heterocycles. The minimum absolute atomic E-state index is 0.166. The summed E-state index contributed by atoms with van der Waals surface area (Å²) in [5.41, 5.74) is 1.16. The fraction of sp³-hybridized carbons (Fsp3) is 0.286. The SMILES string of the molecule is O=C1NCCc2c(Cl)ncnc21. The van der Waals surface area contributed by atoms with Crippen molar-refractivity contribution in [2.24, 2.45) is 0 Å². The molecule has 0 bridgehead atoms. The maximum atomic E-state index is 11.2. The van der Waals surface area contributed by atoms with Gasteiger partial charge in [-0.2, -0.15) is 0 Å². The third-order valence-electron chi connectivity index (χ3n) is 1.77. The highest BCUT2D eigenvalue weighted by Gasteiger charge is 2.20. The second-order valence-corrected chi connectivity index (χ2v) is 2.86. The molecule has 1 N–H and O–H groups in total. The lowest BCUT2D eigenvalue weighted by molar-refractivity contribution is 0.0940. The van der Waals surface area contributed by atoms with Gasteiger partial charge < -0.3 is 5.32 Å². The fourth-order valence-electron chi connectivity index (χ4n) is 1.19. The smallest absolute Gasteiger partial charge is 0.270 e. The lowest BCUT2D eigenvalue weighted by Gasteiger charge is -2.14. The molecule has 0 fully saturated rings. The predicted molar refractivity (Wildman–Crippen MR) is 43.1 cm³/mol. The molecule has 5 heteroatoms. The summed E-state index contributed by atoms with van der Waals surface area (Å²) in [6, 6.07) is 0. The van der Waals surface area contributed by atoms with Crippen LogP contribution in [-0.2, 0) is 6.42 Å². The van der Waals surface area contributed by atoms with Gasteiger partial charge >= 0.3 is 0 Å².